The second-order valence-corrected chi connectivity index (χ2v) is 5.28. The van der Waals surface area contributed by atoms with E-state index >= 15 is 0 Å². The van der Waals surface area contributed by atoms with Crippen molar-refractivity contribution in [3.8, 4) is 0 Å². The Morgan fingerprint density at radius 1 is 1.00 bits per heavy atom. The summed E-state index contributed by atoms with van der Waals surface area (Å²) < 4.78 is 0. The van der Waals surface area contributed by atoms with Crippen LogP contribution >= 0.6 is 0 Å². The molecule has 3 atom stereocenters. The normalized spacial score (nSPS) is 41.8. The Morgan fingerprint density at radius 2 is 1.83 bits per heavy atom. The number of hydrogen-bond acceptors (Lipinski definition) is 0. The molecule has 3 rings (SSSR count). The van der Waals surface area contributed by atoms with Gasteiger partial charge in [-0.3, -0.25) is 0 Å². The van der Waals surface area contributed by atoms with Gasteiger partial charge in [0.25, 0.3) is 0 Å². The van der Waals surface area contributed by atoms with Gasteiger partial charge in [0.1, 0.15) is 0 Å². The Morgan fingerprint density at radius 3 is 2.58 bits per heavy atom. The molecule has 0 saturated heterocycles. The Kier molecular flexibility index (Phi) is 2.43. The van der Waals surface area contributed by atoms with Crippen LogP contribution in [0.3, 0.4) is 0 Å². The third kappa shape index (κ3) is 1.53. The molecule has 0 aromatic heterocycles. The van der Waals surface area contributed by atoms with Gasteiger partial charge in [-0.2, -0.15) is 0 Å². The first-order valence-electron chi connectivity index (χ1n) is 5.77. The molecule has 0 aliphatic heterocycles. The van der Waals surface area contributed by atoms with E-state index in [4.69, 9.17) is 0 Å². The summed E-state index contributed by atoms with van der Waals surface area (Å²) in [5.41, 5.74) is 0. The number of fused-ring (bicyclic) bond motifs is 4. The zero-order chi connectivity index (χ0) is 8.55. The third-order valence-electron chi connectivity index (χ3n) is 4.20. The SMILES string of the molecule is CC(C)C1CC2CCCC1CC2. The van der Waals surface area contributed by atoms with Crippen molar-refractivity contribution >= 4 is 0 Å². The highest BCUT2D eigenvalue weighted by Crippen LogP contribution is 2.45. The molecule has 3 unspecified atom stereocenters. The second kappa shape index (κ2) is 3.40. The van der Waals surface area contributed by atoms with Gasteiger partial charge in [0.2, 0.25) is 0 Å². The van der Waals surface area contributed by atoms with Crippen molar-refractivity contribution in [1.29, 1.82) is 0 Å². The lowest BCUT2D eigenvalue weighted by atomic mass is 9.71. The fraction of sp³-hybridized carbons (Fsp3) is 1.00. The Balaban J connectivity index is 2.06. The first-order chi connectivity index (χ1) is 5.77. The molecule has 0 heterocycles. The summed E-state index contributed by atoms with van der Waals surface area (Å²) in [5, 5.41) is 0. The molecule has 3 fully saturated rings. The van der Waals surface area contributed by atoms with E-state index in [1.807, 2.05) is 0 Å². The molecule has 0 nitrogen and oxygen atoms in total. The van der Waals surface area contributed by atoms with E-state index in [1.165, 1.54) is 6.42 Å². The van der Waals surface area contributed by atoms with Crippen LogP contribution in [-0.2, 0) is 0 Å². The maximum atomic E-state index is 2.42. The van der Waals surface area contributed by atoms with E-state index < -0.39 is 0 Å². The van der Waals surface area contributed by atoms with Crippen molar-refractivity contribution < 1.29 is 0 Å². The molecule has 0 amide bonds. The van der Waals surface area contributed by atoms with Crippen LogP contribution in [0.4, 0.5) is 0 Å². The summed E-state index contributed by atoms with van der Waals surface area (Å²) in [6.45, 7) is 4.84. The van der Waals surface area contributed by atoms with Crippen LogP contribution in [0, 0.1) is 23.7 Å². The smallest absolute Gasteiger partial charge is 0.0360 e. The highest BCUT2D eigenvalue weighted by atomic mass is 14.4. The quantitative estimate of drug-likeness (QED) is 0.555. The Bertz CT molecular complexity index is 144. The zero-order valence-corrected chi connectivity index (χ0v) is 8.55. The summed E-state index contributed by atoms with van der Waals surface area (Å²) >= 11 is 0. The second-order valence-electron chi connectivity index (χ2n) is 5.28. The minimum atomic E-state index is 0.941. The first-order valence-corrected chi connectivity index (χ1v) is 5.77. The monoisotopic (exact) mass is 166 g/mol. The van der Waals surface area contributed by atoms with Crippen LogP contribution in [0.15, 0.2) is 0 Å². The van der Waals surface area contributed by atoms with Crippen LogP contribution < -0.4 is 0 Å². The fourth-order valence-corrected chi connectivity index (χ4v) is 3.46. The molecule has 0 spiro atoms. The molecule has 0 heteroatoms. The lowest BCUT2D eigenvalue weighted by Gasteiger charge is -2.35. The first kappa shape index (κ1) is 8.59. The van der Waals surface area contributed by atoms with Gasteiger partial charge in [0, 0.05) is 0 Å². The molecule has 0 aromatic carbocycles. The van der Waals surface area contributed by atoms with Crippen LogP contribution in [-0.4, -0.2) is 0 Å². The van der Waals surface area contributed by atoms with Crippen molar-refractivity contribution in [1.82, 2.24) is 0 Å². The Hall–Kier alpha value is 0. The van der Waals surface area contributed by atoms with E-state index in [0.29, 0.717) is 0 Å². The molecular formula is C12H22. The van der Waals surface area contributed by atoms with Gasteiger partial charge in [-0.1, -0.05) is 39.5 Å². The average molecular weight is 166 g/mol. The predicted octanol–water partition coefficient (Wildman–Crippen LogP) is 3.86. The van der Waals surface area contributed by atoms with Gasteiger partial charge in [-0.15, -0.1) is 0 Å². The van der Waals surface area contributed by atoms with Gasteiger partial charge < -0.3 is 0 Å². The maximum absolute atomic E-state index is 2.42. The van der Waals surface area contributed by atoms with E-state index in [2.05, 4.69) is 13.8 Å². The maximum Gasteiger partial charge on any atom is -0.0360 e. The molecule has 3 aliphatic rings. The summed E-state index contributed by atoms with van der Waals surface area (Å²) in [4.78, 5) is 0. The molecule has 0 radical (unpaired) electrons. The van der Waals surface area contributed by atoms with Crippen LogP contribution in [0.2, 0.25) is 0 Å². The fourth-order valence-electron chi connectivity index (χ4n) is 3.46. The molecule has 12 heavy (non-hydrogen) atoms. The van der Waals surface area contributed by atoms with Gasteiger partial charge in [0.05, 0.1) is 0 Å². The molecule has 70 valence electrons. The van der Waals surface area contributed by atoms with Gasteiger partial charge in [0.15, 0.2) is 0 Å². The predicted molar refractivity (Wildman–Crippen MR) is 53.0 cm³/mol. The van der Waals surface area contributed by atoms with Crippen LogP contribution in [0.5, 0.6) is 0 Å². The lowest BCUT2D eigenvalue weighted by Crippen LogP contribution is -2.25. The van der Waals surface area contributed by atoms with Crippen molar-refractivity contribution in [3.05, 3.63) is 0 Å². The van der Waals surface area contributed by atoms with Gasteiger partial charge in [-0.05, 0) is 36.5 Å². The molecular weight excluding hydrogens is 144 g/mol. The van der Waals surface area contributed by atoms with Crippen molar-refractivity contribution in [2.75, 3.05) is 0 Å². The largest absolute Gasteiger partial charge is 0.0625 e. The third-order valence-corrected chi connectivity index (χ3v) is 4.20. The molecule has 3 saturated carbocycles. The van der Waals surface area contributed by atoms with Gasteiger partial charge in [-0.25, -0.2) is 0 Å². The molecule has 0 N–H and O–H groups in total. The number of hydrogen-bond donors (Lipinski definition) is 0. The summed E-state index contributed by atoms with van der Waals surface area (Å²) in [6.07, 6.45) is 9.27. The lowest BCUT2D eigenvalue weighted by molar-refractivity contribution is 0.154. The summed E-state index contributed by atoms with van der Waals surface area (Å²) in [7, 11) is 0. The number of rotatable bonds is 1. The Labute approximate surface area is 76.7 Å². The zero-order valence-electron chi connectivity index (χ0n) is 8.55. The summed E-state index contributed by atoms with van der Waals surface area (Å²) in [5.74, 6) is 4.22. The highest BCUT2D eigenvalue weighted by Gasteiger charge is 2.34. The summed E-state index contributed by atoms with van der Waals surface area (Å²) in [6, 6.07) is 0. The van der Waals surface area contributed by atoms with E-state index in [-0.39, 0.29) is 0 Å². The van der Waals surface area contributed by atoms with Crippen LogP contribution in [0.25, 0.3) is 0 Å². The van der Waals surface area contributed by atoms with E-state index in [0.717, 1.165) is 23.7 Å². The standard InChI is InChI=1S/C12H22/c1-9(2)12-8-10-4-3-5-11(12)7-6-10/h9-12H,3-8H2,1-2H3. The minimum absolute atomic E-state index is 0.941. The van der Waals surface area contributed by atoms with Crippen LogP contribution in [0.1, 0.15) is 52.4 Å². The topological polar surface area (TPSA) is 0 Å². The van der Waals surface area contributed by atoms with Crippen molar-refractivity contribution in [3.63, 3.8) is 0 Å². The van der Waals surface area contributed by atoms with Gasteiger partial charge >= 0.3 is 0 Å². The molecule has 2 bridgehead atoms. The highest BCUT2D eigenvalue weighted by molar-refractivity contribution is 4.85. The minimum Gasteiger partial charge on any atom is -0.0625 e. The van der Waals surface area contributed by atoms with Crippen molar-refractivity contribution in [2.45, 2.75) is 52.4 Å². The average Bonchev–Trinajstić information content (AvgIpc) is 2.36. The van der Waals surface area contributed by atoms with Crippen molar-refractivity contribution in [2.24, 2.45) is 23.7 Å². The van der Waals surface area contributed by atoms with E-state index in [1.54, 1.807) is 32.1 Å². The molecule has 0 aromatic rings. The molecule has 3 aliphatic carbocycles. The van der Waals surface area contributed by atoms with E-state index in [9.17, 15) is 0 Å².